The van der Waals surface area contributed by atoms with Crippen LogP contribution in [0.3, 0.4) is 0 Å². The summed E-state index contributed by atoms with van der Waals surface area (Å²) >= 11 is 0. The van der Waals surface area contributed by atoms with Crippen LogP contribution in [-0.4, -0.2) is 16.0 Å². The number of fused-ring (bicyclic) bond motifs is 1. The van der Waals surface area contributed by atoms with Gasteiger partial charge in [0.1, 0.15) is 5.75 Å². The van der Waals surface area contributed by atoms with Crippen LogP contribution < -0.4 is 15.6 Å². The van der Waals surface area contributed by atoms with Crippen molar-refractivity contribution in [2.75, 3.05) is 0 Å². The number of benzene rings is 1. The summed E-state index contributed by atoms with van der Waals surface area (Å²) in [6, 6.07) is 9.79. The second kappa shape index (κ2) is 5.69. The zero-order valence-corrected chi connectivity index (χ0v) is 12.2. The van der Waals surface area contributed by atoms with Gasteiger partial charge in [-0.25, -0.2) is 4.98 Å². The number of rotatable bonds is 4. The highest BCUT2D eigenvalue weighted by molar-refractivity contribution is 5.38. The molecule has 2 heterocycles. The number of aromatic nitrogens is 2. The molecule has 5 nitrogen and oxygen atoms in total. The van der Waals surface area contributed by atoms with Gasteiger partial charge in [-0.15, -0.1) is 0 Å². The van der Waals surface area contributed by atoms with Gasteiger partial charge in [0.2, 0.25) is 0 Å². The van der Waals surface area contributed by atoms with Gasteiger partial charge in [0.05, 0.1) is 5.69 Å². The van der Waals surface area contributed by atoms with Crippen molar-refractivity contribution in [1.82, 2.24) is 15.3 Å². The zero-order chi connectivity index (χ0) is 14.8. The summed E-state index contributed by atoms with van der Waals surface area (Å²) in [5.41, 5.74) is 1.75. The molecule has 1 atom stereocenters. The number of hydrogen-bond acceptors (Lipinski definition) is 4. The van der Waals surface area contributed by atoms with Crippen LogP contribution in [0.5, 0.6) is 5.75 Å². The first kappa shape index (κ1) is 13.8. The molecule has 0 bridgehead atoms. The van der Waals surface area contributed by atoms with E-state index < -0.39 is 0 Å². The van der Waals surface area contributed by atoms with Crippen molar-refractivity contribution in [2.24, 2.45) is 0 Å². The van der Waals surface area contributed by atoms with E-state index in [1.54, 1.807) is 0 Å². The summed E-state index contributed by atoms with van der Waals surface area (Å²) in [5, 5.41) is 3.27. The quantitative estimate of drug-likeness (QED) is 0.901. The van der Waals surface area contributed by atoms with Crippen molar-refractivity contribution in [1.29, 1.82) is 0 Å². The molecule has 0 saturated heterocycles. The van der Waals surface area contributed by atoms with Gasteiger partial charge in [0.25, 0.3) is 5.56 Å². The number of aromatic amines is 1. The average Bonchev–Trinajstić information content (AvgIpc) is 2.88. The van der Waals surface area contributed by atoms with Crippen LogP contribution in [0.15, 0.2) is 35.1 Å². The van der Waals surface area contributed by atoms with E-state index in [2.05, 4.69) is 29.1 Å². The normalized spacial score (nSPS) is 16.8. The molecule has 110 valence electrons. The molecule has 2 N–H and O–H groups in total. The Hall–Kier alpha value is -2.14. The molecule has 0 aliphatic carbocycles. The fourth-order valence-electron chi connectivity index (χ4n) is 2.41. The van der Waals surface area contributed by atoms with Crippen LogP contribution in [0.2, 0.25) is 0 Å². The lowest BCUT2D eigenvalue weighted by Gasteiger charge is -2.12. The highest BCUT2D eigenvalue weighted by Gasteiger charge is 2.26. The van der Waals surface area contributed by atoms with Crippen molar-refractivity contribution in [2.45, 2.75) is 39.0 Å². The predicted octanol–water partition coefficient (Wildman–Crippen LogP) is 1.94. The molecule has 0 radical (unpaired) electrons. The van der Waals surface area contributed by atoms with Gasteiger partial charge in [0, 0.05) is 25.1 Å². The van der Waals surface area contributed by atoms with Crippen molar-refractivity contribution in [3.05, 3.63) is 57.8 Å². The van der Waals surface area contributed by atoms with Gasteiger partial charge in [-0.1, -0.05) is 32.0 Å². The molecule has 0 saturated carbocycles. The average molecular weight is 285 g/mol. The lowest BCUT2D eigenvalue weighted by molar-refractivity contribution is 0.226. The predicted molar refractivity (Wildman–Crippen MR) is 80.3 cm³/mol. The molecule has 21 heavy (non-hydrogen) atoms. The third-order valence-corrected chi connectivity index (χ3v) is 3.46. The summed E-state index contributed by atoms with van der Waals surface area (Å²) in [4.78, 5) is 19.1. The maximum absolute atomic E-state index is 11.8. The fourth-order valence-corrected chi connectivity index (χ4v) is 2.41. The molecular formula is C16H19N3O2. The van der Waals surface area contributed by atoms with E-state index in [-0.39, 0.29) is 11.7 Å². The Morgan fingerprint density at radius 1 is 1.43 bits per heavy atom. The van der Waals surface area contributed by atoms with Gasteiger partial charge >= 0.3 is 0 Å². The molecule has 0 fully saturated rings. The van der Waals surface area contributed by atoms with E-state index in [1.165, 1.54) is 6.07 Å². The molecule has 1 aliphatic rings. The van der Waals surface area contributed by atoms with Gasteiger partial charge < -0.3 is 15.0 Å². The number of ether oxygens (including phenoxy) is 1. The Labute approximate surface area is 123 Å². The summed E-state index contributed by atoms with van der Waals surface area (Å²) in [7, 11) is 0. The van der Waals surface area contributed by atoms with Crippen molar-refractivity contribution >= 4 is 0 Å². The van der Waals surface area contributed by atoms with E-state index in [4.69, 9.17) is 4.74 Å². The first-order valence-corrected chi connectivity index (χ1v) is 7.20. The number of hydrogen-bond donors (Lipinski definition) is 2. The molecule has 0 spiro atoms. The second-order valence-electron chi connectivity index (χ2n) is 5.58. The van der Waals surface area contributed by atoms with E-state index >= 15 is 0 Å². The smallest absolute Gasteiger partial charge is 0.251 e. The molecule has 0 amide bonds. The van der Waals surface area contributed by atoms with Crippen LogP contribution in [0.4, 0.5) is 0 Å². The Morgan fingerprint density at radius 2 is 2.24 bits per heavy atom. The molecule has 5 heteroatoms. The van der Waals surface area contributed by atoms with Crippen molar-refractivity contribution in [3.8, 4) is 5.75 Å². The minimum absolute atomic E-state index is 0.139. The van der Waals surface area contributed by atoms with E-state index in [0.717, 1.165) is 23.4 Å². The monoisotopic (exact) mass is 285 g/mol. The second-order valence-corrected chi connectivity index (χ2v) is 5.58. The van der Waals surface area contributed by atoms with Crippen LogP contribution in [-0.2, 0) is 13.0 Å². The molecule has 1 aromatic heterocycles. The van der Waals surface area contributed by atoms with Gasteiger partial charge in [-0.3, -0.25) is 4.79 Å². The summed E-state index contributed by atoms with van der Waals surface area (Å²) < 4.78 is 5.88. The van der Waals surface area contributed by atoms with Crippen LogP contribution in [0, 0.1) is 0 Å². The fraction of sp³-hybridized carbons (Fsp3) is 0.375. The van der Waals surface area contributed by atoms with E-state index in [9.17, 15) is 4.79 Å². The topological polar surface area (TPSA) is 67.0 Å². The summed E-state index contributed by atoms with van der Waals surface area (Å²) in [6.45, 7) is 4.70. The number of nitrogens with zero attached hydrogens (tertiary/aromatic N) is 1. The third-order valence-electron chi connectivity index (χ3n) is 3.46. The third kappa shape index (κ3) is 3.13. The molecule has 1 aliphatic heterocycles. The highest BCUT2D eigenvalue weighted by atomic mass is 16.5. The Morgan fingerprint density at radius 3 is 3.00 bits per heavy atom. The van der Waals surface area contributed by atoms with E-state index in [1.807, 2.05) is 24.3 Å². The maximum atomic E-state index is 11.8. The Balaban J connectivity index is 1.82. The summed E-state index contributed by atoms with van der Waals surface area (Å²) in [5.74, 6) is 1.47. The maximum Gasteiger partial charge on any atom is 0.251 e. The van der Waals surface area contributed by atoms with Crippen LogP contribution in [0.25, 0.3) is 0 Å². The minimum Gasteiger partial charge on any atom is -0.482 e. The SMILES string of the molecule is CC(C)NCc1cc(=O)[nH]c(C2Cc3ccccc3O2)n1. The molecule has 2 aromatic rings. The number of nitrogens with one attached hydrogen (secondary N) is 2. The summed E-state index contributed by atoms with van der Waals surface area (Å²) in [6.07, 6.45) is 0.522. The number of H-pyrrole nitrogens is 1. The minimum atomic E-state index is -0.214. The van der Waals surface area contributed by atoms with E-state index in [0.29, 0.717) is 18.4 Å². The van der Waals surface area contributed by atoms with Crippen LogP contribution >= 0.6 is 0 Å². The first-order valence-electron chi connectivity index (χ1n) is 7.20. The van der Waals surface area contributed by atoms with Crippen molar-refractivity contribution < 1.29 is 4.74 Å². The molecular weight excluding hydrogens is 266 g/mol. The Kier molecular flexibility index (Phi) is 3.75. The van der Waals surface area contributed by atoms with Crippen molar-refractivity contribution in [3.63, 3.8) is 0 Å². The molecule has 3 rings (SSSR count). The molecule has 1 aromatic carbocycles. The van der Waals surface area contributed by atoms with Crippen LogP contribution in [0.1, 0.15) is 37.0 Å². The zero-order valence-electron chi connectivity index (χ0n) is 12.2. The van der Waals surface area contributed by atoms with Gasteiger partial charge in [0.15, 0.2) is 11.9 Å². The standard InChI is InChI=1S/C16H19N3O2/c1-10(2)17-9-12-8-15(20)19-16(18-12)14-7-11-5-3-4-6-13(11)21-14/h3-6,8,10,14,17H,7,9H2,1-2H3,(H,18,19,20). The lowest BCUT2D eigenvalue weighted by atomic mass is 10.1. The largest absolute Gasteiger partial charge is 0.482 e. The number of para-hydroxylation sites is 1. The van der Waals surface area contributed by atoms with Gasteiger partial charge in [-0.05, 0) is 11.6 Å². The highest BCUT2D eigenvalue weighted by Crippen LogP contribution is 2.34. The van der Waals surface area contributed by atoms with Gasteiger partial charge in [-0.2, -0.15) is 0 Å². The lowest BCUT2D eigenvalue weighted by Crippen LogP contribution is -2.25. The first-order chi connectivity index (χ1) is 10.1. The Bertz CT molecular complexity index is 669. The molecule has 1 unspecified atom stereocenters.